The van der Waals surface area contributed by atoms with Gasteiger partial charge in [-0.3, -0.25) is 14.6 Å². The maximum atomic E-state index is 12.2. The molecule has 33 heavy (non-hydrogen) atoms. The van der Waals surface area contributed by atoms with Gasteiger partial charge < -0.3 is 15.2 Å². The van der Waals surface area contributed by atoms with E-state index in [1.165, 1.54) is 5.56 Å². The summed E-state index contributed by atoms with van der Waals surface area (Å²) in [5.41, 5.74) is 2.16. The van der Waals surface area contributed by atoms with Gasteiger partial charge >= 0.3 is 0 Å². The second kappa shape index (κ2) is 11.6. The van der Waals surface area contributed by atoms with E-state index in [9.17, 15) is 9.90 Å². The summed E-state index contributed by atoms with van der Waals surface area (Å²) in [6, 6.07) is 16.0. The Balaban J connectivity index is 1.11. The van der Waals surface area contributed by atoms with Crippen molar-refractivity contribution in [2.45, 2.75) is 19.4 Å². The van der Waals surface area contributed by atoms with Crippen molar-refractivity contribution < 1.29 is 14.6 Å². The summed E-state index contributed by atoms with van der Waals surface area (Å²) >= 11 is 1.66. The fraction of sp³-hybridized carbons (Fsp3) is 0.440. The number of hydrogen-bond donors (Lipinski definition) is 2. The Bertz CT molecular complexity index is 1030. The average molecular weight is 469 g/mol. The summed E-state index contributed by atoms with van der Waals surface area (Å²) in [7, 11) is 0. The molecule has 1 amide bonds. The van der Waals surface area contributed by atoms with Crippen LogP contribution in [-0.4, -0.2) is 84.3 Å². The fourth-order valence-electron chi connectivity index (χ4n) is 4.04. The summed E-state index contributed by atoms with van der Waals surface area (Å²) in [5, 5.41) is 14.5. The first-order valence-corrected chi connectivity index (χ1v) is 12.3. The van der Waals surface area contributed by atoms with E-state index in [0.717, 1.165) is 53.6 Å². The molecule has 4 rings (SSSR count). The zero-order valence-corrected chi connectivity index (χ0v) is 19.9. The summed E-state index contributed by atoms with van der Waals surface area (Å²) in [5.74, 6) is 0.801. The number of nitrogens with one attached hydrogen (secondary N) is 1. The van der Waals surface area contributed by atoms with Crippen molar-refractivity contribution >= 4 is 27.5 Å². The number of fused-ring (bicyclic) bond motifs is 1. The zero-order valence-electron chi connectivity index (χ0n) is 19.1. The third-order valence-corrected chi connectivity index (χ3v) is 6.74. The van der Waals surface area contributed by atoms with Crippen molar-refractivity contribution in [2.75, 3.05) is 52.4 Å². The largest absolute Gasteiger partial charge is 0.491 e. The van der Waals surface area contributed by atoms with Crippen LogP contribution in [0, 0.1) is 6.92 Å². The normalized spacial score (nSPS) is 16.1. The number of aliphatic hydroxyl groups is 1. The lowest BCUT2D eigenvalue weighted by Crippen LogP contribution is -2.51. The Kier molecular flexibility index (Phi) is 8.28. The molecule has 1 aliphatic rings. The molecule has 1 fully saturated rings. The molecule has 0 saturated carbocycles. The lowest BCUT2D eigenvalue weighted by molar-refractivity contribution is -0.122. The molecule has 8 heteroatoms. The summed E-state index contributed by atoms with van der Waals surface area (Å²) in [4.78, 5) is 21.1. The smallest absolute Gasteiger partial charge is 0.234 e. The molecular formula is C25H32N4O3S. The molecule has 2 heterocycles. The van der Waals surface area contributed by atoms with Gasteiger partial charge in [-0.1, -0.05) is 30.3 Å². The van der Waals surface area contributed by atoms with E-state index >= 15 is 0 Å². The summed E-state index contributed by atoms with van der Waals surface area (Å²) < 4.78 is 6.94. The summed E-state index contributed by atoms with van der Waals surface area (Å²) in [6.45, 7) is 7.19. The number of piperazine rings is 1. The van der Waals surface area contributed by atoms with E-state index in [4.69, 9.17) is 4.74 Å². The van der Waals surface area contributed by atoms with Gasteiger partial charge in [0.05, 0.1) is 21.8 Å². The molecule has 1 saturated heterocycles. The van der Waals surface area contributed by atoms with Crippen LogP contribution in [0.2, 0.25) is 0 Å². The van der Waals surface area contributed by atoms with Gasteiger partial charge in [-0.15, -0.1) is 11.3 Å². The van der Waals surface area contributed by atoms with Gasteiger partial charge in [-0.05, 0) is 31.0 Å². The molecule has 0 radical (unpaired) electrons. The number of carbonyl (C=O) groups excluding carboxylic acids is 1. The van der Waals surface area contributed by atoms with Crippen LogP contribution in [0.25, 0.3) is 10.2 Å². The third-order valence-electron chi connectivity index (χ3n) is 5.79. The minimum atomic E-state index is -0.564. The maximum absolute atomic E-state index is 12.2. The van der Waals surface area contributed by atoms with Gasteiger partial charge in [-0.2, -0.15) is 0 Å². The van der Waals surface area contributed by atoms with Gasteiger partial charge in [0.25, 0.3) is 0 Å². The van der Waals surface area contributed by atoms with Gasteiger partial charge in [0.1, 0.15) is 18.5 Å². The van der Waals surface area contributed by atoms with E-state index in [-0.39, 0.29) is 12.5 Å². The molecule has 3 aromatic rings. The Morgan fingerprint density at radius 1 is 1.15 bits per heavy atom. The predicted molar refractivity (Wildman–Crippen MR) is 132 cm³/mol. The van der Waals surface area contributed by atoms with Crippen molar-refractivity contribution in [3.05, 3.63) is 59.1 Å². The molecule has 1 aliphatic heterocycles. The second-order valence-electron chi connectivity index (χ2n) is 8.49. The van der Waals surface area contributed by atoms with E-state index in [2.05, 4.69) is 32.2 Å². The number of rotatable bonds is 10. The number of aliphatic hydroxyl groups excluding tert-OH is 1. The van der Waals surface area contributed by atoms with Crippen LogP contribution in [0.1, 0.15) is 10.6 Å². The van der Waals surface area contributed by atoms with Crippen molar-refractivity contribution in [1.29, 1.82) is 0 Å². The Morgan fingerprint density at radius 2 is 1.91 bits per heavy atom. The first kappa shape index (κ1) is 23.6. The van der Waals surface area contributed by atoms with Crippen LogP contribution in [0.15, 0.2) is 48.5 Å². The molecule has 176 valence electrons. The van der Waals surface area contributed by atoms with Crippen LogP contribution >= 0.6 is 11.3 Å². The fourth-order valence-corrected chi connectivity index (χ4v) is 4.84. The monoisotopic (exact) mass is 468 g/mol. The van der Waals surface area contributed by atoms with Crippen LogP contribution in [0.4, 0.5) is 0 Å². The number of hydrogen-bond acceptors (Lipinski definition) is 7. The molecule has 1 aromatic heterocycles. The third kappa shape index (κ3) is 7.23. The molecule has 0 bridgehead atoms. The highest BCUT2D eigenvalue weighted by Gasteiger charge is 2.21. The van der Waals surface area contributed by atoms with Gasteiger partial charge in [0.15, 0.2) is 0 Å². The Labute approximate surface area is 199 Å². The number of β-amino-alcohol motifs (C(OH)–C–C–N with tert-alkyl or cyclic N) is 1. The first-order valence-electron chi connectivity index (χ1n) is 11.5. The highest BCUT2D eigenvalue weighted by molar-refractivity contribution is 7.18. The van der Waals surface area contributed by atoms with Gasteiger partial charge in [0.2, 0.25) is 5.91 Å². The zero-order chi connectivity index (χ0) is 23.0. The molecule has 0 spiro atoms. The standard InChI is InChI=1S/C25H32N4O3S/c1-19-27-23-15-22(7-8-24(23)33-19)32-18-21(30)16-28-11-13-29(14-12-28)17-25(31)26-10-9-20-5-3-2-4-6-20/h2-8,15,21,30H,9-14,16-18H2,1H3,(H,26,31). The van der Waals surface area contributed by atoms with Crippen LogP contribution in [0.5, 0.6) is 5.75 Å². The van der Waals surface area contributed by atoms with E-state index in [0.29, 0.717) is 19.6 Å². The molecular weight excluding hydrogens is 436 g/mol. The highest BCUT2D eigenvalue weighted by atomic mass is 32.1. The lowest BCUT2D eigenvalue weighted by atomic mass is 10.1. The number of ether oxygens (including phenoxy) is 1. The minimum Gasteiger partial charge on any atom is -0.491 e. The molecule has 2 aromatic carbocycles. The lowest BCUT2D eigenvalue weighted by Gasteiger charge is -2.35. The summed E-state index contributed by atoms with van der Waals surface area (Å²) in [6.07, 6.45) is 0.281. The van der Waals surface area contributed by atoms with E-state index < -0.39 is 6.10 Å². The van der Waals surface area contributed by atoms with Gasteiger partial charge in [-0.25, -0.2) is 4.98 Å². The number of carbonyl (C=O) groups is 1. The number of nitrogens with zero attached hydrogens (tertiary/aromatic N) is 3. The highest BCUT2D eigenvalue weighted by Crippen LogP contribution is 2.25. The number of aryl methyl sites for hydroxylation is 1. The number of thiazole rings is 1. The van der Waals surface area contributed by atoms with E-state index in [1.54, 1.807) is 11.3 Å². The van der Waals surface area contributed by atoms with Crippen LogP contribution in [-0.2, 0) is 11.2 Å². The topological polar surface area (TPSA) is 77.9 Å². The maximum Gasteiger partial charge on any atom is 0.234 e. The molecule has 7 nitrogen and oxygen atoms in total. The van der Waals surface area contributed by atoms with Crippen LogP contribution in [0.3, 0.4) is 0 Å². The Hall–Kier alpha value is -2.52. The SMILES string of the molecule is Cc1nc2cc(OCC(O)CN3CCN(CC(=O)NCCc4ccccc4)CC3)ccc2s1. The van der Waals surface area contributed by atoms with Crippen molar-refractivity contribution in [3.63, 3.8) is 0 Å². The average Bonchev–Trinajstić information content (AvgIpc) is 3.19. The predicted octanol–water partition coefficient (Wildman–Crippen LogP) is 2.32. The van der Waals surface area contributed by atoms with Crippen molar-refractivity contribution in [3.8, 4) is 5.75 Å². The van der Waals surface area contributed by atoms with E-state index in [1.807, 2.05) is 43.3 Å². The number of benzene rings is 2. The van der Waals surface area contributed by atoms with Crippen LogP contribution < -0.4 is 10.1 Å². The second-order valence-corrected chi connectivity index (χ2v) is 9.72. The van der Waals surface area contributed by atoms with Gasteiger partial charge in [0, 0.05) is 45.3 Å². The van der Waals surface area contributed by atoms with Crippen molar-refractivity contribution in [2.24, 2.45) is 0 Å². The molecule has 1 unspecified atom stereocenters. The number of aromatic nitrogens is 1. The molecule has 2 N–H and O–H groups in total. The quantitative estimate of drug-likeness (QED) is 0.476. The van der Waals surface area contributed by atoms with Crippen molar-refractivity contribution in [1.82, 2.24) is 20.1 Å². The first-order chi connectivity index (χ1) is 16.0. The molecule has 0 aliphatic carbocycles. The number of amides is 1. The molecule has 1 atom stereocenters. The minimum absolute atomic E-state index is 0.0695. The Morgan fingerprint density at radius 3 is 2.70 bits per heavy atom.